The topological polar surface area (TPSA) is 44.9 Å². The van der Waals surface area contributed by atoms with Gasteiger partial charge in [-0.3, -0.25) is 4.79 Å². The van der Waals surface area contributed by atoms with Gasteiger partial charge in [-0.05, 0) is 60.4 Å². The highest BCUT2D eigenvalue weighted by molar-refractivity contribution is 5.99. The predicted molar refractivity (Wildman–Crippen MR) is 130 cm³/mol. The third-order valence-electron chi connectivity index (χ3n) is 6.40. The van der Waals surface area contributed by atoms with Crippen molar-refractivity contribution < 1.29 is 18.0 Å². The number of aromatic amines is 1. The summed E-state index contributed by atoms with van der Waals surface area (Å²) < 4.78 is 42.2. The smallest absolute Gasteiger partial charge is 0.162 e. The Labute approximate surface area is 201 Å². The van der Waals surface area contributed by atoms with Gasteiger partial charge in [0.05, 0.1) is 5.52 Å². The van der Waals surface area contributed by atoms with E-state index in [2.05, 4.69) is 10.3 Å². The predicted octanol–water partition coefficient (Wildman–Crippen LogP) is 6.74. The molecule has 1 aliphatic heterocycles. The van der Waals surface area contributed by atoms with Crippen LogP contribution in [-0.2, 0) is 13.0 Å². The van der Waals surface area contributed by atoms with Crippen LogP contribution in [0.25, 0.3) is 22.0 Å². The van der Waals surface area contributed by atoms with Gasteiger partial charge in [-0.25, -0.2) is 13.2 Å². The van der Waals surface area contributed by atoms with E-state index in [1.54, 1.807) is 24.3 Å². The molecule has 0 bridgehead atoms. The van der Waals surface area contributed by atoms with E-state index in [-0.39, 0.29) is 41.7 Å². The summed E-state index contributed by atoms with van der Waals surface area (Å²) in [7, 11) is 0. The minimum absolute atomic E-state index is 0. The largest absolute Gasteiger partial charge is 0.356 e. The number of halogens is 4. The van der Waals surface area contributed by atoms with E-state index in [0.717, 1.165) is 17.7 Å². The first-order chi connectivity index (χ1) is 16.0. The van der Waals surface area contributed by atoms with Crippen molar-refractivity contribution in [3.63, 3.8) is 0 Å². The van der Waals surface area contributed by atoms with Crippen LogP contribution in [0.2, 0.25) is 0 Å². The van der Waals surface area contributed by atoms with Crippen molar-refractivity contribution in [3.05, 3.63) is 94.9 Å². The molecule has 0 radical (unpaired) electrons. The normalized spacial score (nSPS) is 15.1. The number of rotatable bonds is 6. The Balaban J connectivity index is 0.00000274. The van der Waals surface area contributed by atoms with Gasteiger partial charge in [0.1, 0.15) is 17.5 Å². The molecule has 0 saturated carbocycles. The lowest BCUT2D eigenvalue weighted by Gasteiger charge is -2.24. The van der Waals surface area contributed by atoms with Crippen molar-refractivity contribution in [1.29, 1.82) is 0 Å². The van der Waals surface area contributed by atoms with Crippen LogP contribution in [0.15, 0.2) is 60.7 Å². The summed E-state index contributed by atoms with van der Waals surface area (Å²) in [6.07, 6.45) is 2.53. The average molecular weight is 485 g/mol. The van der Waals surface area contributed by atoms with Gasteiger partial charge in [-0.15, -0.1) is 12.4 Å². The summed E-state index contributed by atoms with van der Waals surface area (Å²) in [5.41, 5.74) is 3.94. The zero-order chi connectivity index (χ0) is 22.9. The molecule has 176 valence electrons. The molecule has 0 aliphatic carbocycles. The first kappa shape index (κ1) is 24.0. The number of aromatic nitrogens is 1. The van der Waals surface area contributed by atoms with E-state index in [0.29, 0.717) is 53.4 Å². The van der Waals surface area contributed by atoms with E-state index in [9.17, 15) is 18.0 Å². The first-order valence-electron chi connectivity index (χ1n) is 11.1. The zero-order valence-corrected chi connectivity index (χ0v) is 19.2. The third-order valence-corrected chi connectivity index (χ3v) is 6.40. The number of benzene rings is 3. The quantitative estimate of drug-likeness (QED) is 0.298. The molecule has 1 aromatic heterocycles. The highest BCUT2D eigenvalue weighted by Crippen LogP contribution is 2.37. The van der Waals surface area contributed by atoms with Crippen molar-refractivity contribution in [1.82, 2.24) is 10.3 Å². The van der Waals surface area contributed by atoms with Gasteiger partial charge < -0.3 is 10.3 Å². The summed E-state index contributed by atoms with van der Waals surface area (Å²) in [6, 6.07) is 15.3. The highest BCUT2D eigenvalue weighted by atomic mass is 35.5. The number of ketones is 1. The number of Topliss-reactive ketones (excluding diaryl/α,β-unsaturated/α-hetero) is 1. The van der Waals surface area contributed by atoms with Gasteiger partial charge in [0.15, 0.2) is 5.78 Å². The van der Waals surface area contributed by atoms with Gasteiger partial charge in [0.25, 0.3) is 0 Å². The molecule has 1 atom stereocenters. The fourth-order valence-electron chi connectivity index (χ4n) is 4.72. The van der Waals surface area contributed by atoms with Crippen LogP contribution in [-0.4, -0.2) is 16.8 Å². The second kappa shape index (κ2) is 10.0. The maximum atomic E-state index is 14.6. The van der Waals surface area contributed by atoms with E-state index in [1.807, 2.05) is 0 Å². The van der Waals surface area contributed by atoms with Crippen LogP contribution >= 0.6 is 12.4 Å². The van der Waals surface area contributed by atoms with E-state index < -0.39 is 0 Å². The standard InChI is InChI=1S/C27H23F3N2O.ClH/c28-17-10-8-16(9-11-17)25(33)7-3-4-18-14-24-21(15-31-18)26-20(12-13-23(30)27(26)32-24)19-5-1-2-6-22(19)29;/h1-2,5-6,8-13,18,31-32H,3-4,7,14-15H2;1H. The Kier molecular flexibility index (Phi) is 7.10. The maximum absolute atomic E-state index is 14.6. The van der Waals surface area contributed by atoms with Crippen molar-refractivity contribution in [2.45, 2.75) is 38.3 Å². The van der Waals surface area contributed by atoms with Gasteiger partial charge in [-0.1, -0.05) is 24.3 Å². The molecule has 3 aromatic carbocycles. The average Bonchev–Trinajstić information content (AvgIpc) is 3.20. The molecule has 4 aromatic rings. The molecule has 34 heavy (non-hydrogen) atoms. The monoisotopic (exact) mass is 484 g/mol. The molecule has 2 heterocycles. The Morgan fingerprint density at radius 1 is 0.912 bits per heavy atom. The molecule has 5 rings (SSSR count). The van der Waals surface area contributed by atoms with Crippen molar-refractivity contribution >= 4 is 29.1 Å². The summed E-state index contributed by atoms with van der Waals surface area (Å²) in [6.45, 7) is 0.539. The number of H-pyrrole nitrogens is 1. The van der Waals surface area contributed by atoms with Crippen LogP contribution < -0.4 is 5.32 Å². The molecule has 2 N–H and O–H groups in total. The third kappa shape index (κ3) is 4.61. The summed E-state index contributed by atoms with van der Waals surface area (Å²) in [5.74, 6) is -1.07. The fourth-order valence-corrected chi connectivity index (χ4v) is 4.72. The Morgan fingerprint density at radius 3 is 2.44 bits per heavy atom. The number of carbonyl (C=O) groups excluding carboxylic acids is 1. The minimum Gasteiger partial charge on any atom is -0.356 e. The van der Waals surface area contributed by atoms with E-state index >= 15 is 0 Å². The molecule has 0 spiro atoms. The number of carbonyl (C=O) groups is 1. The Morgan fingerprint density at radius 2 is 1.68 bits per heavy atom. The molecular formula is C27H24ClF3N2O. The number of nitrogens with one attached hydrogen (secondary N) is 2. The van der Waals surface area contributed by atoms with Crippen molar-refractivity contribution in [2.75, 3.05) is 0 Å². The molecule has 0 fully saturated rings. The van der Waals surface area contributed by atoms with Gasteiger partial charge >= 0.3 is 0 Å². The van der Waals surface area contributed by atoms with Crippen LogP contribution in [0.4, 0.5) is 13.2 Å². The fraction of sp³-hybridized carbons (Fsp3) is 0.222. The minimum atomic E-state index is -0.360. The molecule has 1 aliphatic rings. The van der Waals surface area contributed by atoms with Gasteiger partial charge in [0, 0.05) is 47.6 Å². The lowest BCUT2D eigenvalue weighted by atomic mass is 9.93. The van der Waals surface area contributed by atoms with Crippen LogP contribution in [0.5, 0.6) is 0 Å². The summed E-state index contributed by atoms with van der Waals surface area (Å²) in [5, 5.41) is 4.21. The highest BCUT2D eigenvalue weighted by Gasteiger charge is 2.25. The van der Waals surface area contributed by atoms with Crippen molar-refractivity contribution in [3.8, 4) is 11.1 Å². The summed E-state index contributed by atoms with van der Waals surface area (Å²) in [4.78, 5) is 15.6. The molecular weight excluding hydrogens is 461 g/mol. The lowest BCUT2D eigenvalue weighted by Crippen LogP contribution is -2.35. The van der Waals surface area contributed by atoms with Gasteiger partial charge in [-0.2, -0.15) is 0 Å². The number of hydrogen-bond acceptors (Lipinski definition) is 2. The molecule has 0 amide bonds. The first-order valence-corrected chi connectivity index (χ1v) is 11.1. The molecule has 7 heteroatoms. The Hall–Kier alpha value is -3.09. The second-order valence-corrected chi connectivity index (χ2v) is 8.51. The van der Waals surface area contributed by atoms with Crippen LogP contribution in [0, 0.1) is 17.5 Å². The second-order valence-electron chi connectivity index (χ2n) is 8.51. The molecule has 1 unspecified atom stereocenters. The number of hydrogen-bond donors (Lipinski definition) is 2. The Bertz CT molecular complexity index is 1330. The van der Waals surface area contributed by atoms with Crippen LogP contribution in [0.3, 0.4) is 0 Å². The van der Waals surface area contributed by atoms with E-state index in [4.69, 9.17) is 0 Å². The van der Waals surface area contributed by atoms with Crippen molar-refractivity contribution in [2.24, 2.45) is 0 Å². The SMILES string of the molecule is Cl.O=C(CCCC1Cc2[nH]c3c(F)ccc(-c4ccccc4F)c3c2CN1)c1ccc(F)cc1. The maximum Gasteiger partial charge on any atom is 0.162 e. The van der Waals surface area contributed by atoms with E-state index in [1.165, 1.54) is 36.4 Å². The zero-order valence-electron chi connectivity index (χ0n) is 18.3. The molecule has 0 saturated heterocycles. The van der Waals surface area contributed by atoms with Crippen LogP contribution in [0.1, 0.15) is 40.9 Å². The number of fused-ring (bicyclic) bond motifs is 3. The lowest BCUT2D eigenvalue weighted by molar-refractivity contribution is 0.0978. The van der Waals surface area contributed by atoms with Gasteiger partial charge in [0.2, 0.25) is 0 Å². The summed E-state index contributed by atoms with van der Waals surface area (Å²) >= 11 is 0. The molecule has 3 nitrogen and oxygen atoms in total.